The molecule has 4 nitrogen and oxygen atoms in total. The maximum absolute atomic E-state index is 11.9. The lowest BCUT2D eigenvalue weighted by Crippen LogP contribution is -2.38. The minimum absolute atomic E-state index is 0.326. The van der Waals surface area contributed by atoms with Crippen LogP contribution in [0.25, 0.3) is 0 Å². The Bertz CT molecular complexity index is 405. The monoisotopic (exact) mass is 281 g/mol. The first-order valence-electron chi connectivity index (χ1n) is 5.20. The third-order valence-electron chi connectivity index (χ3n) is 2.25. The molecule has 1 aromatic rings. The zero-order valence-corrected chi connectivity index (χ0v) is 10.9. The van der Waals surface area contributed by atoms with Crippen LogP contribution in [0.3, 0.4) is 0 Å². The lowest BCUT2D eigenvalue weighted by Gasteiger charge is -2.17. The Morgan fingerprint density at radius 2 is 2.22 bits per heavy atom. The summed E-state index contributed by atoms with van der Waals surface area (Å²) in [6, 6.07) is 0. The summed E-state index contributed by atoms with van der Waals surface area (Å²) in [5.74, 6) is -0.382. The van der Waals surface area contributed by atoms with Crippen molar-refractivity contribution in [1.29, 1.82) is 0 Å². The zero-order valence-electron chi connectivity index (χ0n) is 10.0. The molecule has 1 heterocycles. The predicted octanol–water partition coefficient (Wildman–Crippen LogP) is 1.56. The average molecular weight is 281 g/mol. The van der Waals surface area contributed by atoms with Crippen molar-refractivity contribution in [3.05, 3.63) is 16.1 Å². The summed E-state index contributed by atoms with van der Waals surface area (Å²) in [6.45, 7) is 0.703. The van der Waals surface area contributed by atoms with E-state index in [0.717, 1.165) is 10.6 Å². The van der Waals surface area contributed by atoms with Crippen LogP contribution in [0.1, 0.15) is 10.6 Å². The van der Waals surface area contributed by atoms with Crippen molar-refractivity contribution in [3.8, 4) is 0 Å². The first-order valence-corrected chi connectivity index (χ1v) is 6.08. The molecule has 0 radical (unpaired) electrons. The summed E-state index contributed by atoms with van der Waals surface area (Å²) in [7, 11) is 1.55. The summed E-state index contributed by atoms with van der Waals surface area (Å²) in [5.41, 5.74) is 2.51. The molecule has 0 saturated heterocycles. The van der Waals surface area contributed by atoms with Crippen LogP contribution < -0.4 is 5.32 Å². The van der Waals surface area contributed by atoms with Crippen LogP contribution in [-0.4, -0.2) is 42.1 Å². The number of halogens is 3. The van der Waals surface area contributed by atoms with Crippen molar-refractivity contribution in [1.82, 2.24) is 15.2 Å². The minimum Gasteiger partial charge on any atom is -0.339 e. The van der Waals surface area contributed by atoms with Gasteiger partial charge < -0.3 is 10.2 Å². The number of aromatic nitrogens is 1. The molecule has 18 heavy (non-hydrogen) atoms. The van der Waals surface area contributed by atoms with Crippen LogP contribution in [0, 0.1) is 6.92 Å². The molecule has 0 atom stereocenters. The van der Waals surface area contributed by atoms with Gasteiger partial charge >= 0.3 is 6.18 Å². The van der Waals surface area contributed by atoms with E-state index in [1.807, 2.05) is 6.92 Å². The number of aryl methyl sites for hydroxylation is 1. The number of hydrogen-bond donors (Lipinski definition) is 1. The normalized spacial score (nSPS) is 11.6. The highest BCUT2D eigenvalue weighted by Gasteiger charge is 2.26. The van der Waals surface area contributed by atoms with E-state index in [1.54, 1.807) is 12.6 Å². The highest BCUT2D eigenvalue weighted by Crippen LogP contribution is 2.14. The number of alkyl halides is 3. The number of nitrogens with zero attached hydrogens (tertiary/aromatic N) is 2. The molecule has 8 heteroatoms. The molecule has 102 valence electrons. The molecular weight excluding hydrogens is 267 g/mol. The topological polar surface area (TPSA) is 45.2 Å². The SMILES string of the molecule is Cc1ncsc1CN(C)C(=O)CNCC(F)(F)F. The fraction of sp³-hybridized carbons (Fsp3) is 0.600. The van der Waals surface area contributed by atoms with Crippen molar-refractivity contribution < 1.29 is 18.0 Å². The standard InChI is InChI=1S/C10H14F3N3OS/c1-7-8(18-6-15-7)4-16(2)9(17)3-14-5-10(11,12)13/h6,14H,3-5H2,1-2H3. The molecule has 0 bridgehead atoms. The quantitative estimate of drug-likeness (QED) is 0.891. The number of nitrogens with one attached hydrogen (secondary N) is 1. The fourth-order valence-electron chi connectivity index (χ4n) is 1.23. The smallest absolute Gasteiger partial charge is 0.339 e. The van der Waals surface area contributed by atoms with Crippen molar-refractivity contribution in [2.24, 2.45) is 0 Å². The van der Waals surface area contributed by atoms with Gasteiger partial charge in [-0.3, -0.25) is 4.79 Å². The number of hydrogen-bond acceptors (Lipinski definition) is 4. The van der Waals surface area contributed by atoms with E-state index >= 15 is 0 Å². The van der Waals surface area contributed by atoms with Gasteiger partial charge in [0.05, 0.1) is 30.8 Å². The third-order valence-corrected chi connectivity index (χ3v) is 3.17. The number of rotatable bonds is 5. The lowest BCUT2D eigenvalue weighted by atomic mass is 10.3. The van der Waals surface area contributed by atoms with E-state index in [4.69, 9.17) is 0 Å². The van der Waals surface area contributed by atoms with Crippen LogP contribution in [0.2, 0.25) is 0 Å². The number of likely N-dealkylation sites (N-methyl/N-ethyl adjacent to an activating group) is 1. The molecule has 0 aliphatic heterocycles. The third kappa shape index (κ3) is 5.01. The Morgan fingerprint density at radius 1 is 1.56 bits per heavy atom. The Kier molecular flexibility index (Phi) is 5.09. The minimum atomic E-state index is -4.30. The Labute approximate surface area is 107 Å². The molecule has 0 aromatic carbocycles. The molecule has 1 aromatic heterocycles. The van der Waals surface area contributed by atoms with Gasteiger partial charge in [0, 0.05) is 11.9 Å². The van der Waals surface area contributed by atoms with Gasteiger partial charge in [-0.25, -0.2) is 4.98 Å². The van der Waals surface area contributed by atoms with Crippen LogP contribution in [0.4, 0.5) is 13.2 Å². The summed E-state index contributed by atoms with van der Waals surface area (Å²) >= 11 is 1.42. The molecule has 1 rings (SSSR count). The predicted molar refractivity (Wildman–Crippen MR) is 62.2 cm³/mol. The van der Waals surface area contributed by atoms with Crippen LogP contribution in [0.5, 0.6) is 0 Å². The molecule has 0 aliphatic rings. The number of amides is 1. The maximum atomic E-state index is 11.9. The molecule has 0 spiro atoms. The van der Waals surface area contributed by atoms with Gasteiger partial charge in [-0.1, -0.05) is 0 Å². The van der Waals surface area contributed by atoms with E-state index in [2.05, 4.69) is 10.3 Å². The molecule has 1 amide bonds. The number of carbonyl (C=O) groups is 1. The number of carbonyl (C=O) groups excluding carboxylic acids is 1. The highest BCUT2D eigenvalue weighted by molar-refractivity contribution is 7.09. The van der Waals surface area contributed by atoms with E-state index in [1.165, 1.54) is 16.2 Å². The average Bonchev–Trinajstić information content (AvgIpc) is 2.62. The van der Waals surface area contributed by atoms with Gasteiger partial charge in [-0.05, 0) is 6.92 Å². The number of thiazole rings is 1. The first kappa shape index (κ1) is 14.9. The van der Waals surface area contributed by atoms with E-state index in [0.29, 0.717) is 6.54 Å². The molecule has 0 fully saturated rings. The van der Waals surface area contributed by atoms with Gasteiger partial charge in [-0.2, -0.15) is 13.2 Å². The van der Waals surface area contributed by atoms with Gasteiger partial charge in [-0.15, -0.1) is 11.3 Å². The Balaban J connectivity index is 2.36. The van der Waals surface area contributed by atoms with Gasteiger partial charge in [0.1, 0.15) is 0 Å². The Hall–Kier alpha value is -1.15. The summed E-state index contributed by atoms with van der Waals surface area (Å²) in [5, 5.41) is 2.07. The van der Waals surface area contributed by atoms with Gasteiger partial charge in [0.15, 0.2) is 0 Å². The highest BCUT2D eigenvalue weighted by atomic mass is 32.1. The maximum Gasteiger partial charge on any atom is 0.401 e. The van der Waals surface area contributed by atoms with Crippen LogP contribution in [-0.2, 0) is 11.3 Å². The first-order chi connectivity index (χ1) is 8.29. The van der Waals surface area contributed by atoms with E-state index < -0.39 is 12.7 Å². The van der Waals surface area contributed by atoms with Crippen molar-refractivity contribution in [2.75, 3.05) is 20.1 Å². The largest absolute Gasteiger partial charge is 0.401 e. The zero-order chi connectivity index (χ0) is 13.8. The van der Waals surface area contributed by atoms with E-state index in [-0.39, 0.29) is 12.5 Å². The van der Waals surface area contributed by atoms with Crippen LogP contribution >= 0.6 is 11.3 Å². The molecule has 0 unspecified atom stereocenters. The van der Waals surface area contributed by atoms with E-state index in [9.17, 15) is 18.0 Å². The van der Waals surface area contributed by atoms with Crippen molar-refractivity contribution in [2.45, 2.75) is 19.6 Å². The van der Waals surface area contributed by atoms with Gasteiger partial charge in [0.2, 0.25) is 5.91 Å². The summed E-state index contributed by atoms with van der Waals surface area (Å²) in [6.07, 6.45) is -4.30. The van der Waals surface area contributed by atoms with Gasteiger partial charge in [0.25, 0.3) is 0 Å². The lowest BCUT2D eigenvalue weighted by molar-refractivity contribution is -0.133. The van der Waals surface area contributed by atoms with Crippen molar-refractivity contribution in [3.63, 3.8) is 0 Å². The molecule has 1 N–H and O–H groups in total. The summed E-state index contributed by atoms with van der Waals surface area (Å²) < 4.78 is 35.6. The molecular formula is C10H14F3N3OS. The van der Waals surface area contributed by atoms with Crippen molar-refractivity contribution >= 4 is 17.2 Å². The summed E-state index contributed by atoms with van der Waals surface area (Å²) in [4.78, 5) is 17.9. The molecule has 0 saturated carbocycles. The second-order valence-corrected chi connectivity index (χ2v) is 4.77. The second kappa shape index (κ2) is 6.14. The Morgan fingerprint density at radius 3 is 2.72 bits per heavy atom. The van der Waals surface area contributed by atoms with Crippen LogP contribution in [0.15, 0.2) is 5.51 Å². The second-order valence-electron chi connectivity index (χ2n) is 3.83. The molecule has 0 aliphatic carbocycles. The fourth-order valence-corrected chi connectivity index (χ4v) is 2.06.